The Bertz CT molecular complexity index is 557. The number of fused-ring (bicyclic) bond motifs is 1. The Balaban J connectivity index is 2.18. The fourth-order valence-corrected chi connectivity index (χ4v) is 1.93. The summed E-state index contributed by atoms with van der Waals surface area (Å²) in [5, 5.41) is 2.88. The molecule has 0 saturated heterocycles. The second-order valence-electron chi connectivity index (χ2n) is 4.16. The van der Waals surface area contributed by atoms with E-state index < -0.39 is 0 Å². The second-order valence-corrected chi connectivity index (χ2v) is 4.16. The van der Waals surface area contributed by atoms with Crippen molar-refractivity contribution in [3.05, 3.63) is 24.0 Å². The summed E-state index contributed by atoms with van der Waals surface area (Å²) in [6.45, 7) is 7.24. The molecule has 0 fully saturated rings. The molecule has 0 spiro atoms. The highest BCUT2D eigenvalue weighted by atomic mass is 16.2. The van der Waals surface area contributed by atoms with Crippen molar-refractivity contribution in [2.75, 3.05) is 18.4 Å². The minimum atomic E-state index is -0.0735. The van der Waals surface area contributed by atoms with Gasteiger partial charge in [-0.05, 0) is 39.0 Å². The predicted molar refractivity (Wildman–Crippen MR) is 72.8 cm³/mol. The third kappa shape index (κ3) is 2.45. The summed E-state index contributed by atoms with van der Waals surface area (Å²) in [4.78, 5) is 21.1. The van der Waals surface area contributed by atoms with Gasteiger partial charge >= 0.3 is 6.03 Å². The molecule has 1 aromatic carbocycles. The quantitative estimate of drug-likeness (QED) is 0.874. The number of benzene rings is 1. The van der Waals surface area contributed by atoms with Crippen LogP contribution in [0.15, 0.2) is 18.2 Å². The molecular weight excluding hydrogens is 228 g/mol. The van der Waals surface area contributed by atoms with Crippen LogP contribution in [0.2, 0.25) is 0 Å². The Hall–Kier alpha value is -2.04. The third-order valence-electron chi connectivity index (χ3n) is 2.90. The number of anilines is 1. The summed E-state index contributed by atoms with van der Waals surface area (Å²) in [7, 11) is 0. The number of imidazole rings is 1. The van der Waals surface area contributed by atoms with Crippen LogP contribution < -0.4 is 5.32 Å². The average molecular weight is 246 g/mol. The molecule has 2 N–H and O–H groups in total. The summed E-state index contributed by atoms with van der Waals surface area (Å²) in [6.07, 6.45) is 0. The molecule has 2 amide bonds. The van der Waals surface area contributed by atoms with Gasteiger partial charge in [0.2, 0.25) is 0 Å². The molecule has 0 aliphatic heterocycles. The van der Waals surface area contributed by atoms with Crippen LogP contribution in [0, 0.1) is 6.92 Å². The zero-order valence-corrected chi connectivity index (χ0v) is 10.9. The summed E-state index contributed by atoms with van der Waals surface area (Å²) >= 11 is 0. The van der Waals surface area contributed by atoms with Crippen LogP contribution in [-0.2, 0) is 0 Å². The molecule has 1 heterocycles. The van der Waals surface area contributed by atoms with E-state index in [1.807, 2.05) is 39.0 Å². The number of nitrogens with zero attached hydrogens (tertiary/aromatic N) is 2. The smallest absolute Gasteiger partial charge is 0.321 e. The number of urea groups is 1. The zero-order chi connectivity index (χ0) is 13.1. The van der Waals surface area contributed by atoms with E-state index in [1.165, 1.54) is 0 Å². The van der Waals surface area contributed by atoms with Gasteiger partial charge < -0.3 is 15.2 Å². The summed E-state index contributed by atoms with van der Waals surface area (Å²) < 4.78 is 0. The number of aromatic nitrogens is 2. The van der Waals surface area contributed by atoms with Crippen molar-refractivity contribution in [3.63, 3.8) is 0 Å². The Labute approximate surface area is 106 Å². The van der Waals surface area contributed by atoms with Gasteiger partial charge in [0.1, 0.15) is 5.82 Å². The third-order valence-corrected chi connectivity index (χ3v) is 2.90. The van der Waals surface area contributed by atoms with Crippen LogP contribution >= 0.6 is 0 Å². The minimum absolute atomic E-state index is 0.0735. The molecule has 0 aliphatic carbocycles. The Morgan fingerprint density at radius 1 is 1.39 bits per heavy atom. The molecule has 2 rings (SSSR count). The number of rotatable bonds is 3. The van der Waals surface area contributed by atoms with Gasteiger partial charge in [-0.15, -0.1) is 0 Å². The molecule has 96 valence electrons. The van der Waals surface area contributed by atoms with Gasteiger partial charge in [0.15, 0.2) is 0 Å². The van der Waals surface area contributed by atoms with Gasteiger partial charge in [-0.3, -0.25) is 0 Å². The predicted octanol–water partition coefficient (Wildman–Crippen LogP) is 2.75. The van der Waals surface area contributed by atoms with E-state index in [9.17, 15) is 4.79 Å². The van der Waals surface area contributed by atoms with Gasteiger partial charge in [-0.1, -0.05) is 0 Å². The van der Waals surface area contributed by atoms with Gasteiger partial charge in [0, 0.05) is 18.8 Å². The number of carbonyl (C=O) groups is 1. The Kier molecular flexibility index (Phi) is 3.50. The summed E-state index contributed by atoms with van der Waals surface area (Å²) in [5.74, 6) is 0.872. The zero-order valence-electron chi connectivity index (χ0n) is 10.9. The molecule has 0 saturated carbocycles. The number of carbonyl (C=O) groups excluding carboxylic acids is 1. The maximum atomic E-state index is 11.9. The normalized spacial score (nSPS) is 10.6. The average Bonchev–Trinajstić information content (AvgIpc) is 2.70. The number of hydrogen-bond acceptors (Lipinski definition) is 2. The number of nitrogens with one attached hydrogen (secondary N) is 2. The van der Waals surface area contributed by atoms with Crippen LogP contribution in [0.5, 0.6) is 0 Å². The molecule has 2 aromatic rings. The maximum Gasteiger partial charge on any atom is 0.321 e. The van der Waals surface area contributed by atoms with Crippen molar-refractivity contribution in [2.24, 2.45) is 0 Å². The van der Waals surface area contributed by atoms with Crippen molar-refractivity contribution in [3.8, 4) is 0 Å². The van der Waals surface area contributed by atoms with E-state index in [0.29, 0.717) is 13.1 Å². The highest BCUT2D eigenvalue weighted by molar-refractivity contribution is 5.91. The van der Waals surface area contributed by atoms with Gasteiger partial charge in [-0.2, -0.15) is 0 Å². The van der Waals surface area contributed by atoms with E-state index in [-0.39, 0.29) is 6.03 Å². The first-order valence-corrected chi connectivity index (χ1v) is 6.16. The summed E-state index contributed by atoms with van der Waals surface area (Å²) in [6, 6.07) is 5.59. The summed E-state index contributed by atoms with van der Waals surface area (Å²) in [5.41, 5.74) is 2.63. The highest BCUT2D eigenvalue weighted by Gasteiger charge is 2.09. The maximum absolute atomic E-state index is 11.9. The highest BCUT2D eigenvalue weighted by Crippen LogP contribution is 2.17. The van der Waals surface area contributed by atoms with Crippen molar-refractivity contribution < 1.29 is 4.79 Å². The first kappa shape index (κ1) is 12.4. The van der Waals surface area contributed by atoms with E-state index >= 15 is 0 Å². The second kappa shape index (κ2) is 5.08. The van der Waals surface area contributed by atoms with Crippen LogP contribution in [0.4, 0.5) is 10.5 Å². The first-order chi connectivity index (χ1) is 8.63. The molecule has 18 heavy (non-hydrogen) atoms. The molecule has 0 radical (unpaired) electrons. The van der Waals surface area contributed by atoms with Crippen LogP contribution in [0.3, 0.4) is 0 Å². The van der Waals surface area contributed by atoms with Crippen molar-refractivity contribution >= 4 is 22.8 Å². The van der Waals surface area contributed by atoms with Gasteiger partial charge in [0.05, 0.1) is 11.0 Å². The first-order valence-electron chi connectivity index (χ1n) is 6.16. The molecule has 0 unspecified atom stereocenters. The molecule has 0 atom stereocenters. The lowest BCUT2D eigenvalue weighted by Crippen LogP contribution is -2.34. The van der Waals surface area contributed by atoms with Gasteiger partial charge in [0.25, 0.3) is 0 Å². The number of hydrogen-bond donors (Lipinski definition) is 2. The standard InChI is InChI=1S/C13H18N4O/c1-4-17(5-2)13(18)16-10-6-7-11-12(8-10)15-9(3)14-11/h6-8H,4-5H2,1-3H3,(H,14,15)(H,16,18). The monoisotopic (exact) mass is 246 g/mol. The van der Waals surface area contributed by atoms with Crippen molar-refractivity contribution in [1.29, 1.82) is 0 Å². The van der Waals surface area contributed by atoms with E-state index in [4.69, 9.17) is 0 Å². The molecule has 5 nitrogen and oxygen atoms in total. The van der Waals surface area contributed by atoms with Crippen LogP contribution in [0.25, 0.3) is 11.0 Å². The number of aryl methyl sites for hydroxylation is 1. The molecule has 0 bridgehead atoms. The van der Waals surface area contributed by atoms with E-state index in [0.717, 1.165) is 22.5 Å². The number of aromatic amines is 1. The van der Waals surface area contributed by atoms with Crippen molar-refractivity contribution in [1.82, 2.24) is 14.9 Å². The van der Waals surface area contributed by atoms with Crippen LogP contribution in [-0.4, -0.2) is 34.0 Å². The fourth-order valence-electron chi connectivity index (χ4n) is 1.93. The van der Waals surface area contributed by atoms with Crippen LogP contribution in [0.1, 0.15) is 19.7 Å². The molecular formula is C13H18N4O. The van der Waals surface area contributed by atoms with Crippen molar-refractivity contribution in [2.45, 2.75) is 20.8 Å². The van der Waals surface area contributed by atoms with E-state index in [1.54, 1.807) is 4.90 Å². The minimum Gasteiger partial charge on any atom is -0.342 e. The molecule has 0 aliphatic rings. The van der Waals surface area contributed by atoms with E-state index in [2.05, 4.69) is 15.3 Å². The fraction of sp³-hybridized carbons (Fsp3) is 0.385. The lowest BCUT2D eigenvalue weighted by molar-refractivity contribution is 0.217. The Morgan fingerprint density at radius 2 is 2.11 bits per heavy atom. The number of amides is 2. The molecule has 1 aromatic heterocycles. The topological polar surface area (TPSA) is 61.0 Å². The Morgan fingerprint density at radius 3 is 2.78 bits per heavy atom. The number of H-pyrrole nitrogens is 1. The molecule has 5 heteroatoms. The lowest BCUT2D eigenvalue weighted by atomic mass is 10.3. The SMILES string of the molecule is CCN(CC)C(=O)Nc1ccc2nc(C)[nH]c2c1. The van der Waals surface area contributed by atoms with Gasteiger partial charge in [-0.25, -0.2) is 9.78 Å². The lowest BCUT2D eigenvalue weighted by Gasteiger charge is -2.19. The largest absolute Gasteiger partial charge is 0.342 e.